The van der Waals surface area contributed by atoms with Gasteiger partial charge in [-0.2, -0.15) is 0 Å². The summed E-state index contributed by atoms with van der Waals surface area (Å²) in [6, 6.07) is 11.2. The maximum atomic E-state index is 6.40. The number of benzene rings is 2. The molecule has 1 aliphatic carbocycles. The zero-order valence-electron chi connectivity index (χ0n) is 15.4. The van der Waals surface area contributed by atoms with E-state index < -0.39 is 0 Å². The Morgan fingerprint density at radius 1 is 0.962 bits per heavy atom. The molecule has 1 saturated heterocycles. The molecule has 2 aromatic rings. The van der Waals surface area contributed by atoms with Crippen molar-refractivity contribution in [3.8, 4) is 0 Å². The van der Waals surface area contributed by atoms with Crippen LogP contribution in [0.5, 0.6) is 0 Å². The third-order valence-electron chi connectivity index (χ3n) is 5.51. The largest absolute Gasteiger partial charge is 0.317 e. The fourth-order valence-electron chi connectivity index (χ4n) is 4.36. The van der Waals surface area contributed by atoms with Crippen LogP contribution in [-0.4, -0.2) is 13.1 Å². The molecule has 1 atom stereocenters. The Kier molecular flexibility index (Phi) is 7.24. The summed E-state index contributed by atoms with van der Waals surface area (Å²) in [6.07, 6.45) is 4.59. The van der Waals surface area contributed by atoms with E-state index in [0.29, 0.717) is 11.8 Å². The number of halogens is 3. The van der Waals surface area contributed by atoms with Crippen molar-refractivity contribution in [2.24, 2.45) is 5.92 Å². The Hall–Kier alpha value is -0.350. The summed E-state index contributed by atoms with van der Waals surface area (Å²) in [5.74, 6) is 1.16. The molecule has 1 N–H and O–H groups in total. The second-order valence-electron chi connectivity index (χ2n) is 6.84. The van der Waals surface area contributed by atoms with Crippen molar-refractivity contribution in [3.05, 3.63) is 66.6 Å². The predicted molar refractivity (Wildman–Crippen MR) is 119 cm³/mol. The molecule has 140 valence electrons. The van der Waals surface area contributed by atoms with Crippen molar-refractivity contribution in [2.45, 2.75) is 45.4 Å². The van der Waals surface area contributed by atoms with E-state index in [1.54, 1.807) is 0 Å². The highest BCUT2D eigenvalue weighted by Gasteiger charge is 2.32. The van der Waals surface area contributed by atoms with Crippen molar-refractivity contribution in [1.82, 2.24) is 5.32 Å². The number of nitrogens with one attached hydrogen (secondary N) is 1. The Balaban J connectivity index is 0.000000948. The van der Waals surface area contributed by atoms with Gasteiger partial charge in [0.15, 0.2) is 0 Å². The fourth-order valence-corrected chi connectivity index (χ4v) is 5.50. The zero-order chi connectivity index (χ0) is 18.7. The van der Waals surface area contributed by atoms with Crippen molar-refractivity contribution in [1.29, 1.82) is 0 Å². The smallest absolute Gasteiger partial charge is 0.0551 e. The van der Waals surface area contributed by atoms with Gasteiger partial charge < -0.3 is 5.32 Å². The molecule has 4 rings (SSSR count). The molecule has 26 heavy (non-hydrogen) atoms. The van der Waals surface area contributed by atoms with Gasteiger partial charge in [-0.3, -0.25) is 0 Å². The first-order valence-corrected chi connectivity index (χ1v) is 11.6. The fraction of sp³-hybridized carbons (Fsp3) is 0.455. The van der Waals surface area contributed by atoms with Crippen LogP contribution in [0.15, 0.2) is 39.3 Å². The van der Waals surface area contributed by atoms with Crippen LogP contribution < -0.4 is 5.32 Å². The number of hydrogen-bond acceptors (Lipinski definition) is 1. The molecule has 0 spiro atoms. The highest BCUT2D eigenvalue weighted by molar-refractivity contribution is 9.10. The van der Waals surface area contributed by atoms with Gasteiger partial charge in [-0.1, -0.05) is 53.5 Å². The molecule has 0 amide bonds. The predicted octanol–water partition coefficient (Wildman–Crippen LogP) is 7.12. The second-order valence-corrected chi connectivity index (χ2v) is 8.95. The van der Waals surface area contributed by atoms with Crippen LogP contribution in [0.1, 0.15) is 54.9 Å². The number of hydrogen-bond donors (Lipinski definition) is 1. The first-order valence-electron chi connectivity index (χ1n) is 9.61. The van der Waals surface area contributed by atoms with Crippen LogP contribution in [0.4, 0.5) is 0 Å². The molecule has 4 heteroatoms. The maximum absolute atomic E-state index is 6.40. The van der Waals surface area contributed by atoms with Gasteiger partial charge in [0.05, 0.1) is 5.02 Å². The van der Waals surface area contributed by atoms with E-state index in [0.717, 1.165) is 35.4 Å². The van der Waals surface area contributed by atoms with Gasteiger partial charge in [-0.05, 0) is 101 Å². The molecule has 1 fully saturated rings. The molecule has 1 heterocycles. The Labute approximate surface area is 179 Å². The van der Waals surface area contributed by atoms with Crippen molar-refractivity contribution in [2.75, 3.05) is 13.1 Å². The summed E-state index contributed by atoms with van der Waals surface area (Å²) in [5, 5.41) is 4.33. The molecule has 2 aliphatic rings. The van der Waals surface area contributed by atoms with E-state index in [1.807, 2.05) is 13.8 Å². The van der Waals surface area contributed by atoms with Gasteiger partial charge in [0.1, 0.15) is 0 Å². The molecule has 2 aromatic carbocycles. The molecule has 0 aromatic heterocycles. The Morgan fingerprint density at radius 2 is 1.65 bits per heavy atom. The van der Waals surface area contributed by atoms with Gasteiger partial charge in [0.25, 0.3) is 0 Å². The van der Waals surface area contributed by atoms with Crippen LogP contribution in [0.25, 0.3) is 0 Å². The molecular formula is C22H26Br2ClN. The quantitative estimate of drug-likeness (QED) is 0.440. The minimum Gasteiger partial charge on any atom is -0.317 e. The molecule has 0 radical (unpaired) electrons. The monoisotopic (exact) mass is 497 g/mol. The number of rotatable bonds is 1. The van der Waals surface area contributed by atoms with Crippen molar-refractivity contribution >= 4 is 43.5 Å². The number of fused-ring (bicyclic) bond motifs is 2. The van der Waals surface area contributed by atoms with Crippen LogP contribution in [0.2, 0.25) is 5.02 Å². The lowest BCUT2D eigenvalue weighted by Crippen LogP contribution is -2.31. The SMILES string of the molecule is CC.Clc1ccc2c(c1Br)CCc1cc(Br)ccc1C2C1CCNCC1. The van der Waals surface area contributed by atoms with Crippen molar-refractivity contribution in [3.63, 3.8) is 0 Å². The zero-order valence-corrected chi connectivity index (χ0v) is 19.3. The first-order chi connectivity index (χ1) is 12.6. The van der Waals surface area contributed by atoms with E-state index in [-0.39, 0.29) is 0 Å². The Morgan fingerprint density at radius 3 is 2.38 bits per heavy atom. The van der Waals surface area contributed by atoms with Crippen LogP contribution in [0.3, 0.4) is 0 Å². The van der Waals surface area contributed by atoms with Crippen molar-refractivity contribution < 1.29 is 0 Å². The first kappa shape index (κ1) is 20.4. The lowest BCUT2D eigenvalue weighted by Gasteiger charge is -2.33. The van der Waals surface area contributed by atoms with Crippen LogP contribution >= 0.6 is 43.5 Å². The topological polar surface area (TPSA) is 12.0 Å². The summed E-state index contributed by atoms with van der Waals surface area (Å²) < 4.78 is 2.26. The van der Waals surface area contributed by atoms with Gasteiger partial charge in [-0.25, -0.2) is 0 Å². The minimum absolute atomic E-state index is 0.473. The normalized spacial score (nSPS) is 19.7. The summed E-state index contributed by atoms with van der Waals surface area (Å²) in [6.45, 7) is 6.24. The third kappa shape index (κ3) is 4.06. The molecule has 0 saturated carbocycles. The highest BCUT2D eigenvalue weighted by Crippen LogP contribution is 2.45. The lowest BCUT2D eigenvalue weighted by molar-refractivity contribution is 0.341. The van der Waals surface area contributed by atoms with Gasteiger partial charge in [0, 0.05) is 14.9 Å². The summed E-state index contributed by atoms with van der Waals surface area (Å²) in [4.78, 5) is 0. The van der Waals surface area contributed by atoms with E-state index >= 15 is 0 Å². The molecule has 0 bridgehead atoms. The summed E-state index contributed by atoms with van der Waals surface area (Å²) in [7, 11) is 0. The third-order valence-corrected chi connectivity index (χ3v) is 7.45. The standard InChI is InChI=1S/C20H20Br2ClN.C2H6/c21-14-2-4-15-13(11-14)1-3-17-16(5-6-18(23)20(17)22)19(15)12-7-9-24-10-8-12;1-2/h2,4-6,11-12,19,24H,1,3,7-10H2;1-2H3. The number of piperidine rings is 1. The van der Waals surface area contributed by atoms with Crippen LogP contribution in [-0.2, 0) is 12.8 Å². The van der Waals surface area contributed by atoms with Gasteiger partial charge >= 0.3 is 0 Å². The van der Waals surface area contributed by atoms with Gasteiger partial charge in [-0.15, -0.1) is 0 Å². The second kappa shape index (κ2) is 9.23. The highest BCUT2D eigenvalue weighted by atomic mass is 79.9. The molecule has 1 nitrogen and oxygen atoms in total. The molecule has 1 unspecified atom stereocenters. The molecular weight excluding hydrogens is 474 g/mol. The Bertz CT molecular complexity index is 769. The average molecular weight is 500 g/mol. The average Bonchev–Trinajstić information content (AvgIpc) is 2.84. The molecule has 1 aliphatic heterocycles. The minimum atomic E-state index is 0.473. The summed E-state index contributed by atoms with van der Waals surface area (Å²) >= 11 is 13.8. The maximum Gasteiger partial charge on any atom is 0.0551 e. The van der Waals surface area contributed by atoms with E-state index in [9.17, 15) is 0 Å². The van der Waals surface area contributed by atoms with Gasteiger partial charge in [0.2, 0.25) is 0 Å². The van der Waals surface area contributed by atoms with E-state index in [1.165, 1.54) is 39.6 Å². The van der Waals surface area contributed by atoms with E-state index in [4.69, 9.17) is 11.6 Å². The van der Waals surface area contributed by atoms with E-state index in [2.05, 4.69) is 67.5 Å². The summed E-state index contributed by atoms with van der Waals surface area (Å²) in [5.41, 5.74) is 5.86. The van der Waals surface area contributed by atoms with Crippen LogP contribution in [0, 0.1) is 5.92 Å². The number of aryl methyl sites for hydroxylation is 1. The lowest BCUT2D eigenvalue weighted by atomic mass is 9.75.